The first-order valence-electron chi connectivity index (χ1n) is 11.7. The second-order valence-electron chi connectivity index (χ2n) is 9.41. The fourth-order valence-corrected chi connectivity index (χ4v) is 4.39. The van der Waals surface area contributed by atoms with E-state index < -0.39 is 5.60 Å². The first-order valence-corrected chi connectivity index (χ1v) is 11.7. The number of rotatable bonds is 10. The number of aliphatic hydroxyl groups is 1. The molecule has 0 bridgehead atoms. The standard InChI is InChI=1S/C27H39NO3/c1-21(2)14-17-31-25-12-10-24(11-13-25)27(29,22(3)4)26(23-8-6-5-7-9-23)20-28-15-18-30-19-16-28/h5-13,21-22,26,29H,14-20H2,1-4H3/t26-,27-/m0/s1. The second kappa shape index (κ2) is 11.1. The van der Waals surface area contributed by atoms with Crippen molar-refractivity contribution in [2.45, 2.75) is 45.6 Å². The molecule has 1 heterocycles. The summed E-state index contributed by atoms with van der Waals surface area (Å²) >= 11 is 0. The summed E-state index contributed by atoms with van der Waals surface area (Å²) in [4.78, 5) is 2.41. The molecule has 1 fully saturated rings. The van der Waals surface area contributed by atoms with Crippen LogP contribution < -0.4 is 4.74 Å². The lowest BCUT2D eigenvalue weighted by atomic mass is 9.70. The first kappa shape index (κ1) is 23.8. The summed E-state index contributed by atoms with van der Waals surface area (Å²) in [5.74, 6) is 1.49. The second-order valence-corrected chi connectivity index (χ2v) is 9.41. The van der Waals surface area contributed by atoms with Gasteiger partial charge in [-0.15, -0.1) is 0 Å². The van der Waals surface area contributed by atoms with Gasteiger partial charge in [0.25, 0.3) is 0 Å². The Morgan fingerprint density at radius 3 is 2.19 bits per heavy atom. The molecule has 0 saturated carbocycles. The van der Waals surface area contributed by atoms with Crippen LogP contribution in [0.5, 0.6) is 5.75 Å². The highest BCUT2D eigenvalue weighted by Gasteiger charge is 2.43. The van der Waals surface area contributed by atoms with E-state index in [1.54, 1.807) is 0 Å². The number of morpholine rings is 1. The van der Waals surface area contributed by atoms with Gasteiger partial charge in [0.1, 0.15) is 5.75 Å². The van der Waals surface area contributed by atoms with E-state index in [0.29, 0.717) is 5.92 Å². The highest BCUT2D eigenvalue weighted by Crippen LogP contribution is 2.43. The molecule has 2 atom stereocenters. The van der Waals surface area contributed by atoms with Gasteiger partial charge >= 0.3 is 0 Å². The zero-order chi connectivity index (χ0) is 22.3. The van der Waals surface area contributed by atoms with E-state index in [0.717, 1.165) is 57.2 Å². The molecule has 2 aromatic carbocycles. The molecule has 170 valence electrons. The van der Waals surface area contributed by atoms with Gasteiger partial charge in [-0.1, -0.05) is 70.2 Å². The Morgan fingerprint density at radius 1 is 0.968 bits per heavy atom. The third-order valence-corrected chi connectivity index (χ3v) is 6.44. The van der Waals surface area contributed by atoms with Crippen molar-refractivity contribution >= 4 is 0 Å². The molecule has 0 unspecified atom stereocenters. The Morgan fingerprint density at radius 2 is 1.61 bits per heavy atom. The van der Waals surface area contributed by atoms with Crippen molar-refractivity contribution in [1.82, 2.24) is 4.90 Å². The summed E-state index contributed by atoms with van der Waals surface area (Å²) in [5, 5.41) is 12.2. The molecule has 4 heteroatoms. The smallest absolute Gasteiger partial charge is 0.119 e. The molecular formula is C27H39NO3. The molecule has 0 aromatic heterocycles. The van der Waals surface area contributed by atoms with Crippen LogP contribution in [0, 0.1) is 11.8 Å². The van der Waals surface area contributed by atoms with E-state index in [1.165, 1.54) is 5.56 Å². The van der Waals surface area contributed by atoms with Crippen molar-refractivity contribution in [2.24, 2.45) is 11.8 Å². The van der Waals surface area contributed by atoms with Crippen LogP contribution in [0.1, 0.15) is 51.2 Å². The predicted octanol–water partition coefficient (Wildman–Crippen LogP) is 5.07. The Hall–Kier alpha value is -1.88. The van der Waals surface area contributed by atoms with Gasteiger partial charge in [-0.05, 0) is 41.5 Å². The average Bonchev–Trinajstić information content (AvgIpc) is 2.78. The van der Waals surface area contributed by atoms with E-state index in [1.807, 2.05) is 30.3 Å². The summed E-state index contributed by atoms with van der Waals surface area (Å²) in [7, 11) is 0. The van der Waals surface area contributed by atoms with Crippen LogP contribution in [0.2, 0.25) is 0 Å². The monoisotopic (exact) mass is 425 g/mol. The Bertz CT molecular complexity index is 769. The van der Waals surface area contributed by atoms with Gasteiger partial charge in [-0.25, -0.2) is 0 Å². The maximum Gasteiger partial charge on any atom is 0.119 e. The van der Waals surface area contributed by atoms with Crippen molar-refractivity contribution in [1.29, 1.82) is 0 Å². The fourth-order valence-electron chi connectivity index (χ4n) is 4.39. The summed E-state index contributed by atoms with van der Waals surface area (Å²) in [6.45, 7) is 13.5. The molecule has 1 N–H and O–H groups in total. The van der Waals surface area contributed by atoms with Gasteiger partial charge < -0.3 is 14.6 Å². The van der Waals surface area contributed by atoms with Crippen LogP contribution >= 0.6 is 0 Å². The van der Waals surface area contributed by atoms with Crippen LogP contribution in [-0.4, -0.2) is 49.5 Å². The van der Waals surface area contributed by atoms with Gasteiger partial charge in [-0.3, -0.25) is 4.90 Å². The van der Waals surface area contributed by atoms with Crippen LogP contribution in [0.4, 0.5) is 0 Å². The number of ether oxygens (including phenoxy) is 2. The van der Waals surface area contributed by atoms with Crippen LogP contribution in [-0.2, 0) is 10.3 Å². The lowest BCUT2D eigenvalue weighted by Crippen LogP contribution is -2.47. The largest absolute Gasteiger partial charge is 0.494 e. The third kappa shape index (κ3) is 6.09. The van der Waals surface area contributed by atoms with Gasteiger partial charge in [0.15, 0.2) is 0 Å². The normalized spacial score (nSPS) is 18.2. The minimum absolute atomic E-state index is 0.0421. The van der Waals surface area contributed by atoms with E-state index in [9.17, 15) is 5.11 Å². The lowest BCUT2D eigenvalue weighted by molar-refractivity contribution is -0.0547. The summed E-state index contributed by atoms with van der Waals surface area (Å²) in [6, 6.07) is 18.5. The maximum absolute atomic E-state index is 12.2. The predicted molar refractivity (Wildman–Crippen MR) is 127 cm³/mol. The van der Waals surface area contributed by atoms with Crippen molar-refractivity contribution < 1.29 is 14.6 Å². The minimum Gasteiger partial charge on any atom is -0.494 e. The van der Waals surface area contributed by atoms with Crippen LogP contribution in [0.15, 0.2) is 54.6 Å². The van der Waals surface area contributed by atoms with E-state index in [2.05, 4.69) is 56.9 Å². The molecule has 0 spiro atoms. The lowest BCUT2D eigenvalue weighted by Gasteiger charge is -2.43. The fraction of sp³-hybridized carbons (Fsp3) is 0.556. The van der Waals surface area contributed by atoms with Gasteiger partial charge in [0, 0.05) is 25.6 Å². The summed E-state index contributed by atoms with van der Waals surface area (Å²) in [5.41, 5.74) is 1.12. The van der Waals surface area contributed by atoms with Crippen molar-refractivity contribution in [3.05, 3.63) is 65.7 Å². The molecule has 2 aromatic rings. The molecule has 31 heavy (non-hydrogen) atoms. The zero-order valence-electron chi connectivity index (χ0n) is 19.6. The summed E-state index contributed by atoms with van der Waals surface area (Å²) < 4.78 is 11.5. The van der Waals surface area contributed by atoms with Crippen LogP contribution in [0.3, 0.4) is 0 Å². The molecule has 1 aliphatic heterocycles. The first-order chi connectivity index (χ1) is 14.9. The van der Waals surface area contributed by atoms with Crippen molar-refractivity contribution in [3.8, 4) is 5.75 Å². The molecule has 1 saturated heterocycles. The summed E-state index contributed by atoms with van der Waals surface area (Å²) in [6.07, 6.45) is 1.04. The molecule has 3 rings (SSSR count). The molecule has 4 nitrogen and oxygen atoms in total. The van der Waals surface area contributed by atoms with Gasteiger partial charge in [-0.2, -0.15) is 0 Å². The molecule has 0 radical (unpaired) electrons. The topological polar surface area (TPSA) is 41.9 Å². The number of nitrogens with zero attached hydrogens (tertiary/aromatic N) is 1. The third-order valence-electron chi connectivity index (χ3n) is 6.44. The van der Waals surface area contributed by atoms with Crippen molar-refractivity contribution in [2.75, 3.05) is 39.5 Å². The quantitative estimate of drug-likeness (QED) is 0.577. The van der Waals surface area contributed by atoms with Gasteiger partial charge in [0.05, 0.1) is 25.4 Å². The molecule has 0 amide bonds. The Labute approximate surface area is 188 Å². The van der Waals surface area contributed by atoms with E-state index >= 15 is 0 Å². The highest BCUT2D eigenvalue weighted by molar-refractivity contribution is 5.36. The molecular weight excluding hydrogens is 386 g/mol. The molecule has 1 aliphatic rings. The average molecular weight is 426 g/mol. The van der Waals surface area contributed by atoms with Crippen LogP contribution in [0.25, 0.3) is 0 Å². The Kier molecular flexibility index (Phi) is 8.53. The van der Waals surface area contributed by atoms with E-state index in [4.69, 9.17) is 9.47 Å². The maximum atomic E-state index is 12.2. The highest BCUT2D eigenvalue weighted by atomic mass is 16.5. The number of benzene rings is 2. The minimum atomic E-state index is -0.990. The zero-order valence-corrected chi connectivity index (χ0v) is 19.6. The van der Waals surface area contributed by atoms with E-state index in [-0.39, 0.29) is 11.8 Å². The van der Waals surface area contributed by atoms with Gasteiger partial charge in [0.2, 0.25) is 0 Å². The SMILES string of the molecule is CC(C)CCOc1ccc([C@@](O)(C(C)C)[C@@H](CN2CCOCC2)c2ccccc2)cc1. The van der Waals surface area contributed by atoms with Crippen molar-refractivity contribution in [3.63, 3.8) is 0 Å². The number of hydrogen-bond donors (Lipinski definition) is 1. The molecule has 0 aliphatic carbocycles. The number of hydrogen-bond acceptors (Lipinski definition) is 4. The Balaban J connectivity index is 1.88.